The molecule has 1 saturated carbocycles. The van der Waals surface area contributed by atoms with Crippen molar-refractivity contribution in [2.75, 3.05) is 13.2 Å². The van der Waals surface area contributed by atoms with Crippen LogP contribution >= 0.6 is 0 Å². The molecule has 0 atom stereocenters. The Morgan fingerprint density at radius 3 is 2.62 bits per heavy atom. The second-order valence-electron chi connectivity index (χ2n) is 4.57. The molecule has 0 aromatic carbocycles. The maximum atomic E-state index is 7.35. The quantitative estimate of drug-likeness (QED) is 0.375. The third-order valence-corrected chi connectivity index (χ3v) is 2.65. The Hall–Kier alpha value is -0.570. The number of amidine groups is 1. The van der Waals surface area contributed by atoms with E-state index in [9.17, 15) is 0 Å². The van der Waals surface area contributed by atoms with Crippen molar-refractivity contribution in [2.45, 2.75) is 33.1 Å². The van der Waals surface area contributed by atoms with Gasteiger partial charge in [0.15, 0.2) is 0 Å². The molecule has 1 fully saturated rings. The summed E-state index contributed by atoms with van der Waals surface area (Å²) in [6, 6.07) is 0. The van der Waals surface area contributed by atoms with Crippen molar-refractivity contribution in [2.24, 2.45) is 17.1 Å². The molecule has 13 heavy (non-hydrogen) atoms. The van der Waals surface area contributed by atoms with Gasteiger partial charge in [-0.25, -0.2) is 0 Å². The predicted molar refractivity (Wildman–Crippen MR) is 53.9 cm³/mol. The Balaban J connectivity index is 2.05. The Morgan fingerprint density at radius 2 is 2.15 bits per heavy atom. The van der Waals surface area contributed by atoms with Crippen LogP contribution in [0.3, 0.4) is 0 Å². The number of nitrogens with two attached hydrogens (primary N) is 1. The van der Waals surface area contributed by atoms with Crippen molar-refractivity contribution in [1.29, 1.82) is 5.41 Å². The summed E-state index contributed by atoms with van der Waals surface area (Å²) in [7, 11) is 0. The molecule has 0 spiro atoms. The summed E-state index contributed by atoms with van der Waals surface area (Å²) >= 11 is 0. The highest BCUT2D eigenvalue weighted by Gasteiger charge is 2.23. The number of rotatable bonds is 6. The standard InChI is InChI=1S/C10H20N2O/c1-10(2,9(11)12)5-6-13-7-8-3-4-8/h8H,3-7H2,1-2H3,(H3,11,12). The highest BCUT2D eigenvalue weighted by molar-refractivity contribution is 5.82. The molecule has 0 bridgehead atoms. The van der Waals surface area contributed by atoms with Gasteiger partial charge in [-0.2, -0.15) is 0 Å². The predicted octanol–water partition coefficient (Wildman–Crippen LogP) is 1.77. The fourth-order valence-corrected chi connectivity index (χ4v) is 0.997. The van der Waals surface area contributed by atoms with Crippen molar-refractivity contribution in [3.8, 4) is 0 Å². The van der Waals surface area contributed by atoms with Crippen LogP contribution in [0, 0.1) is 16.7 Å². The van der Waals surface area contributed by atoms with Gasteiger partial charge in [-0.3, -0.25) is 5.41 Å². The van der Waals surface area contributed by atoms with Crippen LogP contribution in [0.4, 0.5) is 0 Å². The first kappa shape index (κ1) is 10.5. The SMILES string of the molecule is CC(C)(CCOCC1CC1)C(=N)N. The average Bonchev–Trinajstić information content (AvgIpc) is 2.81. The van der Waals surface area contributed by atoms with Gasteiger partial charge in [-0.1, -0.05) is 13.8 Å². The molecule has 0 amide bonds. The van der Waals surface area contributed by atoms with E-state index in [-0.39, 0.29) is 11.3 Å². The lowest BCUT2D eigenvalue weighted by Crippen LogP contribution is -2.32. The average molecular weight is 184 g/mol. The normalized spacial score (nSPS) is 17.4. The summed E-state index contributed by atoms with van der Waals surface area (Å²) in [5.74, 6) is 1.07. The fraction of sp³-hybridized carbons (Fsp3) is 0.900. The van der Waals surface area contributed by atoms with Crippen LogP contribution < -0.4 is 5.73 Å². The molecule has 3 N–H and O–H groups in total. The summed E-state index contributed by atoms with van der Waals surface area (Å²) in [5, 5.41) is 7.35. The van der Waals surface area contributed by atoms with E-state index in [1.807, 2.05) is 13.8 Å². The lowest BCUT2D eigenvalue weighted by molar-refractivity contribution is 0.108. The maximum Gasteiger partial charge on any atom is 0.0963 e. The lowest BCUT2D eigenvalue weighted by Gasteiger charge is -2.22. The van der Waals surface area contributed by atoms with E-state index in [4.69, 9.17) is 15.9 Å². The molecular formula is C10H20N2O. The van der Waals surface area contributed by atoms with E-state index in [2.05, 4.69) is 0 Å². The molecule has 3 heteroatoms. The molecule has 0 radical (unpaired) electrons. The van der Waals surface area contributed by atoms with E-state index in [1.54, 1.807) is 0 Å². The molecule has 1 rings (SSSR count). The first-order chi connectivity index (χ1) is 6.02. The summed E-state index contributed by atoms with van der Waals surface area (Å²) in [5.41, 5.74) is 5.25. The first-order valence-corrected chi connectivity index (χ1v) is 4.94. The van der Waals surface area contributed by atoms with Gasteiger partial charge in [0.2, 0.25) is 0 Å². The molecule has 1 aliphatic carbocycles. The minimum Gasteiger partial charge on any atom is -0.387 e. The van der Waals surface area contributed by atoms with E-state index in [0.717, 1.165) is 25.6 Å². The summed E-state index contributed by atoms with van der Waals surface area (Å²) in [6.45, 7) is 5.59. The van der Waals surface area contributed by atoms with Gasteiger partial charge in [0.25, 0.3) is 0 Å². The Bertz CT molecular complexity index is 185. The maximum absolute atomic E-state index is 7.35. The third-order valence-electron chi connectivity index (χ3n) is 2.65. The summed E-state index contributed by atoms with van der Waals surface area (Å²) in [6.07, 6.45) is 3.50. The summed E-state index contributed by atoms with van der Waals surface area (Å²) in [4.78, 5) is 0. The molecule has 0 unspecified atom stereocenters. The molecule has 0 aliphatic heterocycles. The first-order valence-electron chi connectivity index (χ1n) is 4.94. The number of hydrogen-bond donors (Lipinski definition) is 2. The number of hydrogen-bond acceptors (Lipinski definition) is 2. The molecule has 1 aliphatic rings. The molecular weight excluding hydrogens is 164 g/mol. The van der Waals surface area contributed by atoms with Crippen molar-refractivity contribution in [1.82, 2.24) is 0 Å². The highest BCUT2D eigenvalue weighted by Crippen LogP contribution is 2.29. The van der Waals surface area contributed by atoms with Gasteiger partial charge >= 0.3 is 0 Å². The smallest absolute Gasteiger partial charge is 0.0963 e. The van der Waals surface area contributed by atoms with Crippen molar-refractivity contribution in [3.63, 3.8) is 0 Å². The monoisotopic (exact) mass is 184 g/mol. The van der Waals surface area contributed by atoms with E-state index < -0.39 is 0 Å². The van der Waals surface area contributed by atoms with Crippen molar-refractivity contribution < 1.29 is 4.74 Å². The van der Waals surface area contributed by atoms with Crippen molar-refractivity contribution >= 4 is 5.84 Å². The molecule has 0 aromatic heterocycles. The van der Waals surface area contributed by atoms with E-state index in [0.29, 0.717) is 0 Å². The largest absolute Gasteiger partial charge is 0.387 e. The van der Waals surface area contributed by atoms with Crippen LogP contribution in [-0.4, -0.2) is 19.0 Å². The molecule has 0 aromatic rings. The van der Waals surface area contributed by atoms with Gasteiger partial charge in [-0.15, -0.1) is 0 Å². The zero-order chi connectivity index (χ0) is 9.90. The zero-order valence-corrected chi connectivity index (χ0v) is 8.60. The Kier molecular flexibility index (Phi) is 3.31. The Morgan fingerprint density at radius 1 is 1.54 bits per heavy atom. The lowest BCUT2D eigenvalue weighted by atomic mass is 9.89. The minimum atomic E-state index is -0.205. The highest BCUT2D eigenvalue weighted by atomic mass is 16.5. The second-order valence-corrected chi connectivity index (χ2v) is 4.57. The topological polar surface area (TPSA) is 59.1 Å². The zero-order valence-electron chi connectivity index (χ0n) is 8.60. The van der Waals surface area contributed by atoms with Gasteiger partial charge in [0.05, 0.1) is 5.84 Å². The van der Waals surface area contributed by atoms with Crippen molar-refractivity contribution in [3.05, 3.63) is 0 Å². The van der Waals surface area contributed by atoms with Crippen LogP contribution in [0.2, 0.25) is 0 Å². The molecule has 76 valence electrons. The number of nitrogens with one attached hydrogen (secondary N) is 1. The summed E-state index contributed by atoms with van der Waals surface area (Å²) < 4.78 is 5.49. The van der Waals surface area contributed by atoms with Gasteiger partial charge in [0, 0.05) is 18.6 Å². The fourth-order valence-electron chi connectivity index (χ4n) is 0.997. The van der Waals surface area contributed by atoms with Crippen LogP contribution in [0.15, 0.2) is 0 Å². The molecule has 0 saturated heterocycles. The van der Waals surface area contributed by atoms with Crippen LogP contribution in [0.5, 0.6) is 0 Å². The van der Waals surface area contributed by atoms with Gasteiger partial charge < -0.3 is 10.5 Å². The third kappa shape index (κ3) is 3.77. The van der Waals surface area contributed by atoms with Gasteiger partial charge in [0.1, 0.15) is 0 Å². The van der Waals surface area contributed by atoms with Crippen LogP contribution in [-0.2, 0) is 4.74 Å². The van der Waals surface area contributed by atoms with Gasteiger partial charge in [-0.05, 0) is 25.2 Å². The Labute approximate surface area is 80.2 Å². The molecule has 0 heterocycles. The second kappa shape index (κ2) is 4.09. The minimum absolute atomic E-state index is 0.205. The van der Waals surface area contributed by atoms with E-state index in [1.165, 1.54) is 12.8 Å². The van der Waals surface area contributed by atoms with Crippen LogP contribution in [0.25, 0.3) is 0 Å². The number of ether oxygens (including phenoxy) is 1. The van der Waals surface area contributed by atoms with Crippen LogP contribution in [0.1, 0.15) is 33.1 Å². The molecule has 3 nitrogen and oxygen atoms in total. The van der Waals surface area contributed by atoms with E-state index >= 15 is 0 Å².